The van der Waals surface area contributed by atoms with Crippen molar-refractivity contribution in [3.05, 3.63) is 35.9 Å². The quantitative estimate of drug-likeness (QED) is 0.753. The zero-order valence-corrected chi connectivity index (χ0v) is 10.4. The van der Waals surface area contributed by atoms with Gasteiger partial charge in [-0.3, -0.25) is 0 Å². The molecule has 0 bridgehead atoms. The van der Waals surface area contributed by atoms with Crippen molar-refractivity contribution in [2.24, 2.45) is 0 Å². The fourth-order valence-electron chi connectivity index (χ4n) is 1.27. The van der Waals surface area contributed by atoms with E-state index >= 15 is 0 Å². The average molecular weight is 230 g/mol. The first kappa shape index (κ1) is 13.3. The van der Waals surface area contributed by atoms with Crippen molar-refractivity contribution in [1.82, 2.24) is 4.90 Å². The topological polar surface area (TPSA) is 36.3 Å². The summed E-state index contributed by atoms with van der Waals surface area (Å²) in [5.74, 6) is 0.879. The Morgan fingerprint density at radius 3 is 2.59 bits per heavy atom. The second-order valence-electron chi connectivity index (χ2n) is 3.99. The molecule has 1 aromatic rings. The van der Waals surface area contributed by atoms with Crippen molar-refractivity contribution < 1.29 is 4.74 Å². The average Bonchev–Trinajstić information content (AvgIpc) is 2.31. The van der Waals surface area contributed by atoms with E-state index in [2.05, 4.69) is 11.0 Å². The Hall–Kier alpha value is -1.79. The number of nitrogens with zero attached hydrogens (tertiary/aromatic N) is 2. The van der Waals surface area contributed by atoms with Crippen LogP contribution in [0, 0.1) is 11.3 Å². The molecule has 0 fully saturated rings. The molecule has 0 N–H and O–H groups in total. The number of hydrogen-bond acceptors (Lipinski definition) is 3. The first-order chi connectivity index (χ1) is 8.22. The standard InChI is InChI=1S/C14H18N2O/c1-16(2)11-12-17-14-8-6-13(7-9-14)5-3-4-10-15/h3,5-9H,4,11-12H2,1-2H3. The Morgan fingerprint density at radius 1 is 1.29 bits per heavy atom. The first-order valence-corrected chi connectivity index (χ1v) is 5.63. The van der Waals surface area contributed by atoms with Gasteiger partial charge in [-0.15, -0.1) is 0 Å². The van der Waals surface area contributed by atoms with Gasteiger partial charge >= 0.3 is 0 Å². The Labute approximate surface area is 103 Å². The van der Waals surface area contributed by atoms with Crippen LogP contribution in [0.5, 0.6) is 5.75 Å². The molecule has 3 heteroatoms. The zero-order chi connectivity index (χ0) is 12.5. The molecule has 0 unspecified atom stereocenters. The van der Waals surface area contributed by atoms with E-state index in [1.54, 1.807) is 0 Å². The SMILES string of the molecule is CN(C)CCOc1ccc(C=CCC#N)cc1. The number of allylic oxidation sites excluding steroid dienone is 1. The Bertz CT molecular complexity index is 388. The molecular weight excluding hydrogens is 212 g/mol. The highest BCUT2D eigenvalue weighted by molar-refractivity contribution is 5.50. The van der Waals surface area contributed by atoms with Crippen LogP contribution in [0.15, 0.2) is 30.3 Å². The van der Waals surface area contributed by atoms with E-state index in [0.717, 1.165) is 17.9 Å². The van der Waals surface area contributed by atoms with Crippen molar-refractivity contribution in [1.29, 1.82) is 5.26 Å². The summed E-state index contributed by atoms with van der Waals surface area (Å²) < 4.78 is 5.58. The number of ether oxygens (including phenoxy) is 1. The summed E-state index contributed by atoms with van der Waals surface area (Å²) in [4.78, 5) is 2.08. The monoisotopic (exact) mass is 230 g/mol. The summed E-state index contributed by atoms with van der Waals surface area (Å²) >= 11 is 0. The van der Waals surface area contributed by atoms with Crippen LogP contribution in [-0.4, -0.2) is 32.1 Å². The third-order valence-corrected chi connectivity index (χ3v) is 2.21. The highest BCUT2D eigenvalue weighted by Crippen LogP contribution is 2.13. The Morgan fingerprint density at radius 2 is 2.00 bits per heavy atom. The second kappa shape index (κ2) is 7.48. The fraction of sp³-hybridized carbons (Fsp3) is 0.357. The molecule has 0 saturated heterocycles. The minimum atomic E-state index is 0.446. The minimum Gasteiger partial charge on any atom is -0.492 e. The van der Waals surface area contributed by atoms with Gasteiger partial charge < -0.3 is 9.64 Å². The highest BCUT2D eigenvalue weighted by atomic mass is 16.5. The largest absolute Gasteiger partial charge is 0.492 e. The van der Waals surface area contributed by atoms with Gasteiger partial charge in [-0.25, -0.2) is 0 Å². The maximum Gasteiger partial charge on any atom is 0.119 e. The van der Waals surface area contributed by atoms with E-state index < -0.39 is 0 Å². The Balaban J connectivity index is 2.42. The first-order valence-electron chi connectivity index (χ1n) is 5.63. The van der Waals surface area contributed by atoms with Gasteiger partial charge in [0, 0.05) is 6.54 Å². The van der Waals surface area contributed by atoms with E-state index in [1.807, 2.05) is 50.5 Å². The van der Waals surface area contributed by atoms with Crippen molar-refractivity contribution in [2.75, 3.05) is 27.2 Å². The molecule has 0 aliphatic rings. The van der Waals surface area contributed by atoms with Gasteiger partial charge in [0.15, 0.2) is 0 Å². The van der Waals surface area contributed by atoms with Crippen molar-refractivity contribution in [2.45, 2.75) is 6.42 Å². The summed E-state index contributed by atoms with van der Waals surface area (Å²) in [6.07, 6.45) is 4.23. The predicted molar refractivity (Wildman–Crippen MR) is 69.8 cm³/mol. The van der Waals surface area contributed by atoms with Gasteiger partial charge in [-0.1, -0.05) is 24.3 Å². The zero-order valence-electron chi connectivity index (χ0n) is 10.4. The predicted octanol–water partition coefficient (Wildman–Crippen LogP) is 2.55. The molecular formula is C14H18N2O. The van der Waals surface area contributed by atoms with Crippen LogP contribution in [0.4, 0.5) is 0 Å². The summed E-state index contributed by atoms with van der Waals surface area (Å²) in [6, 6.07) is 9.93. The molecule has 0 amide bonds. The molecule has 3 nitrogen and oxygen atoms in total. The van der Waals surface area contributed by atoms with E-state index in [9.17, 15) is 0 Å². The third-order valence-electron chi connectivity index (χ3n) is 2.21. The van der Waals surface area contributed by atoms with Crippen LogP contribution in [0.2, 0.25) is 0 Å². The van der Waals surface area contributed by atoms with Crippen molar-refractivity contribution in [3.63, 3.8) is 0 Å². The summed E-state index contributed by atoms with van der Waals surface area (Å²) in [7, 11) is 4.04. The van der Waals surface area contributed by atoms with Crippen LogP contribution in [-0.2, 0) is 0 Å². The van der Waals surface area contributed by atoms with E-state index in [1.165, 1.54) is 0 Å². The maximum atomic E-state index is 8.41. The smallest absolute Gasteiger partial charge is 0.119 e. The fourth-order valence-corrected chi connectivity index (χ4v) is 1.27. The molecule has 1 aromatic carbocycles. The van der Waals surface area contributed by atoms with Gasteiger partial charge in [-0.2, -0.15) is 5.26 Å². The maximum absolute atomic E-state index is 8.41. The molecule has 0 radical (unpaired) electrons. The molecule has 0 aliphatic heterocycles. The summed E-state index contributed by atoms with van der Waals surface area (Å²) in [6.45, 7) is 1.60. The normalized spacial score (nSPS) is 10.7. The van der Waals surface area contributed by atoms with Crippen LogP contribution in [0.3, 0.4) is 0 Å². The molecule has 90 valence electrons. The molecule has 0 saturated carbocycles. The third kappa shape index (κ3) is 5.74. The van der Waals surface area contributed by atoms with Crippen molar-refractivity contribution >= 4 is 6.08 Å². The molecule has 0 aliphatic carbocycles. The van der Waals surface area contributed by atoms with Gasteiger partial charge in [0.25, 0.3) is 0 Å². The van der Waals surface area contributed by atoms with Gasteiger partial charge in [0.05, 0.1) is 12.5 Å². The van der Waals surface area contributed by atoms with Crippen molar-refractivity contribution in [3.8, 4) is 11.8 Å². The van der Waals surface area contributed by atoms with Crippen LogP contribution in [0.1, 0.15) is 12.0 Å². The van der Waals surface area contributed by atoms with E-state index in [0.29, 0.717) is 13.0 Å². The lowest BCUT2D eigenvalue weighted by atomic mass is 10.2. The minimum absolute atomic E-state index is 0.446. The summed E-state index contributed by atoms with van der Waals surface area (Å²) in [5.41, 5.74) is 1.08. The number of hydrogen-bond donors (Lipinski definition) is 0. The summed E-state index contributed by atoms with van der Waals surface area (Å²) in [5, 5.41) is 8.41. The highest BCUT2D eigenvalue weighted by Gasteiger charge is 1.94. The molecule has 17 heavy (non-hydrogen) atoms. The van der Waals surface area contributed by atoms with Gasteiger partial charge in [0.2, 0.25) is 0 Å². The molecule has 0 atom stereocenters. The van der Waals surface area contributed by atoms with Gasteiger partial charge in [-0.05, 0) is 31.8 Å². The molecule has 0 heterocycles. The number of nitriles is 1. The second-order valence-corrected chi connectivity index (χ2v) is 3.99. The number of benzene rings is 1. The van der Waals surface area contributed by atoms with E-state index in [-0.39, 0.29) is 0 Å². The van der Waals surface area contributed by atoms with Crippen LogP contribution < -0.4 is 4.74 Å². The van der Waals surface area contributed by atoms with Crippen LogP contribution in [0.25, 0.3) is 6.08 Å². The lowest BCUT2D eigenvalue weighted by Gasteiger charge is -2.10. The molecule has 0 spiro atoms. The molecule has 1 rings (SSSR count). The van der Waals surface area contributed by atoms with E-state index in [4.69, 9.17) is 10.00 Å². The van der Waals surface area contributed by atoms with Crippen LogP contribution >= 0.6 is 0 Å². The Kier molecular flexibility index (Phi) is 5.84. The number of rotatable bonds is 6. The number of likely N-dealkylation sites (N-methyl/N-ethyl adjacent to an activating group) is 1. The lowest BCUT2D eigenvalue weighted by molar-refractivity contribution is 0.261. The van der Waals surface area contributed by atoms with Gasteiger partial charge in [0.1, 0.15) is 12.4 Å². The lowest BCUT2D eigenvalue weighted by Crippen LogP contribution is -2.19. The molecule has 0 aromatic heterocycles.